The van der Waals surface area contributed by atoms with Gasteiger partial charge in [-0.15, -0.1) is 0 Å². The van der Waals surface area contributed by atoms with Crippen molar-refractivity contribution in [2.45, 2.75) is 32.4 Å². The zero-order valence-corrected chi connectivity index (χ0v) is 14.6. The summed E-state index contributed by atoms with van der Waals surface area (Å²) in [7, 11) is 0. The fourth-order valence-corrected chi connectivity index (χ4v) is 3.18. The number of amides is 2. The summed E-state index contributed by atoms with van der Waals surface area (Å²) in [6.45, 7) is 5.70. The Morgan fingerprint density at radius 1 is 1.32 bits per heavy atom. The highest BCUT2D eigenvalue weighted by Gasteiger charge is 2.33. The maximum atomic E-state index is 12.4. The molecule has 0 unspecified atom stereocenters. The van der Waals surface area contributed by atoms with Gasteiger partial charge in [0, 0.05) is 19.6 Å². The molecule has 0 bridgehead atoms. The summed E-state index contributed by atoms with van der Waals surface area (Å²) in [4.78, 5) is 32.0. The second-order valence-corrected chi connectivity index (χ2v) is 6.24. The summed E-state index contributed by atoms with van der Waals surface area (Å²) < 4.78 is 5.46. The molecule has 2 amide bonds. The predicted octanol–water partition coefficient (Wildman–Crippen LogP) is 0.940. The summed E-state index contributed by atoms with van der Waals surface area (Å²) in [5, 5.41) is 4.24. The van der Waals surface area contributed by atoms with Gasteiger partial charge in [0.05, 0.1) is 32.2 Å². The quantitative estimate of drug-likeness (QED) is 0.829. The van der Waals surface area contributed by atoms with Gasteiger partial charge in [-0.05, 0) is 31.0 Å². The number of carbonyl (C=O) groups is 2. The lowest BCUT2D eigenvalue weighted by molar-refractivity contribution is -0.171. The van der Waals surface area contributed by atoms with E-state index in [0.717, 1.165) is 24.3 Å². The lowest BCUT2D eigenvalue weighted by Gasteiger charge is -2.35. The molecule has 0 aliphatic carbocycles. The van der Waals surface area contributed by atoms with Crippen LogP contribution in [0.3, 0.4) is 0 Å². The van der Waals surface area contributed by atoms with Crippen LogP contribution in [0.4, 0.5) is 0 Å². The number of hydrogen-bond donors (Lipinski definition) is 1. The van der Waals surface area contributed by atoms with Crippen molar-refractivity contribution in [2.24, 2.45) is 0 Å². The maximum absolute atomic E-state index is 12.4. The summed E-state index contributed by atoms with van der Waals surface area (Å²) in [5.74, 6) is 0.613. The highest BCUT2D eigenvalue weighted by Crippen LogP contribution is 2.18. The van der Waals surface area contributed by atoms with E-state index in [9.17, 15) is 9.59 Å². The minimum absolute atomic E-state index is 0.0928. The number of benzene rings is 1. The summed E-state index contributed by atoms with van der Waals surface area (Å²) in [6, 6.07) is 7.40. The lowest BCUT2D eigenvalue weighted by atomic mass is 10.1. The topological polar surface area (TPSA) is 71.1 Å². The number of rotatable bonds is 6. The fourth-order valence-electron chi connectivity index (χ4n) is 3.18. The second kappa shape index (κ2) is 8.31. The molecule has 2 fully saturated rings. The number of carbonyl (C=O) groups excluding carboxylic acids is 2. The van der Waals surface area contributed by atoms with Crippen molar-refractivity contribution in [2.75, 3.05) is 32.8 Å². The van der Waals surface area contributed by atoms with Gasteiger partial charge >= 0.3 is 0 Å². The molecule has 25 heavy (non-hydrogen) atoms. The predicted molar refractivity (Wildman–Crippen MR) is 91.7 cm³/mol. The van der Waals surface area contributed by atoms with Crippen LogP contribution < -0.4 is 10.1 Å². The molecule has 1 aromatic rings. The first-order valence-electron chi connectivity index (χ1n) is 8.84. The van der Waals surface area contributed by atoms with E-state index >= 15 is 0 Å². The van der Waals surface area contributed by atoms with Crippen molar-refractivity contribution in [1.29, 1.82) is 0 Å². The van der Waals surface area contributed by atoms with Gasteiger partial charge in [0.2, 0.25) is 11.8 Å². The van der Waals surface area contributed by atoms with Gasteiger partial charge in [0.1, 0.15) is 5.75 Å². The van der Waals surface area contributed by atoms with E-state index in [0.29, 0.717) is 32.8 Å². The lowest BCUT2D eigenvalue weighted by Crippen LogP contribution is -2.56. The molecule has 7 nitrogen and oxygen atoms in total. The minimum atomic E-state index is -0.461. The van der Waals surface area contributed by atoms with Crippen molar-refractivity contribution in [3.8, 4) is 5.75 Å². The van der Waals surface area contributed by atoms with Crippen LogP contribution in [0.2, 0.25) is 0 Å². The Labute approximate surface area is 147 Å². The maximum Gasteiger partial charge on any atom is 0.248 e. The van der Waals surface area contributed by atoms with Crippen LogP contribution in [0.25, 0.3) is 0 Å². The first-order valence-corrected chi connectivity index (χ1v) is 8.84. The standard InChI is InChI=1S/C18H25N3O4/c1-2-24-15-6-4-14(5-7-15)13-20-10-8-19-18(23)16(20)12-17(22)21-9-3-11-25-21/h4-7,16H,2-3,8-13H2,1H3,(H,19,23)/t16-/m1/s1. The van der Waals surface area contributed by atoms with E-state index < -0.39 is 6.04 Å². The van der Waals surface area contributed by atoms with Gasteiger partial charge < -0.3 is 10.1 Å². The van der Waals surface area contributed by atoms with Crippen LogP contribution in [-0.4, -0.2) is 60.7 Å². The highest BCUT2D eigenvalue weighted by atomic mass is 16.7. The molecule has 3 rings (SSSR count). The zero-order chi connectivity index (χ0) is 17.6. The molecular formula is C18H25N3O4. The molecular weight excluding hydrogens is 322 g/mol. The van der Waals surface area contributed by atoms with Gasteiger partial charge in [-0.1, -0.05) is 12.1 Å². The van der Waals surface area contributed by atoms with Crippen molar-refractivity contribution in [3.05, 3.63) is 29.8 Å². The molecule has 0 saturated carbocycles. The van der Waals surface area contributed by atoms with Crippen molar-refractivity contribution in [1.82, 2.24) is 15.3 Å². The van der Waals surface area contributed by atoms with Crippen molar-refractivity contribution < 1.29 is 19.2 Å². The van der Waals surface area contributed by atoms with Crippen molar-refractivity contribution >= 4 is 11.8 Å². The molecule has 2 aliphatic heterocycles. The third-order valence-electron chi connectivity index (χ3n) is 4.46. The summed E-state index contributed by atoms with van der Waals surface area (Å²) in [6.07, 6.45) is 0.987. The van der Waals surface area contributed by atoms with Crippen molar-refractivity contribution in [3.63, 3.8) is 0 Å². The molecule has 2 saturated heterocycles. The molecule has 7 heteroatoms. The van der Waals surface area contributed by atoms with E-state index in [1.807, 2.05) is 31.2 Å². The summed E-state index contributed by atoms with van der Waals surface area (Å²) >= 11 is 0. The van der Waals surface area contributed by atoms with Crippen LogP contribution >= 0.6 is 0 Å². The Kier molecular flexibility index (Phi) is 5.88. The Bertz CT molecular complexity index is 599. The smallest absolute Gasteiger partial charge is 0.248 e. The molecule has 1 atom stereocenters. The molecule has 0 spiro atoms. The van der Waals surface area contributed by atoms with Gasteiger partial charge in [-0.25, -0.2) is 5.06 Å². The molecule has 0 aromatic heterocycles. The van der Waals surface area contributed by atoms with E-state index in [2.05, 4.69) is 10.2 Å². The van der Waals surface area contributed by atoms with Gasteiger partial charge in [-0.2, -0.15) is 0 Å². The molecule has 0 radical (unpaired) electrons. The largest absolute Gasteiger partial charge is 0.494 e. The second-order valence-electron chi connectivity index (χ2n) is 6.24. The fraction of sp³-hybridized carbons (Fsp3) is 0.556. The van der Waals surface area contributed by atoms with Crippen LogP contribution in [0.15, 0.2) is 24.3 Å². The number of nitrogens with zero attached hydrogens (tertiary/aromatic N) is 2. The van der Waals surface area contributed by atoms with Gasteiger partial charge in [-0.3, -0.25) is 19.3 Å². The zero-order valence-electron chi connectivity index (χ0n) is 14.6. The average molecular weight is 347 g/mol. The monoisotopic (exact) mass is 347 g/mol. The first kappa shape index (κ1) is 17.7. The van der Waals surface area contributed by atoms with Crippen LogP contribution in [0.5, 0.6) is 5.75 Å². The Morgan fingerprint density at radius 2 is 2.12 bits per heavy atom. The van der Waals surface area contributed by atoms with Crippen LogP contribution in [0.1, 0.15) is 25.3 Å². The SMILES string of the molecule is CCOc1ccc(CN2CCNC(=O)[C@H]2CC(=O)N2CCCO2)cc1. The molecule has 2 heterocycles. The minimum Gasteiger partial charge on any atom is -0.494 e. The Balaban J connectivity index is 1.64. The van der Waals surface area contributed by atoms with E-state index in [-0.39, 0.29) is 18.2 Å². The number of hydrogen-bond acceptors (Lipinski definition) is 5. The van der Waals surface area contributed by atoms with E-state index in [4.69, 9.17) is 9.57 Å². The van der Waals surface area contributed by atoms with E-state index in [1.165, 1.54) is 5.06 Å². The number of nitrogens with one attached hydrogen (secondary N) is 1. The van der Waals surface area contributed by atoms with Crippen LogP contribution in [-0.2, 0) is 21.0 Å². The Hall–Kier alpha value is -2.12. The number of piperazine rings is 1. The molecule has 136 valence electrons. The first-order chi connectivity index (χ1) is 12.2. The third-order valence-corrected chi connectivity index (χ3v) is 4.46. The average Bonchev–Trinajstić information content (AvgIpc) is 3.14. The molecule has 2 aliphatic rings. The molecule has 1 aromatic carbocycles. The van der Waals surface area contributed by atoms with Gasteiger partial charge in [0.15, 0.2) is 0 Å². The number of hydroxylamine groups is 2. The summed E-state index contributed by atoms with van der Waals surface area (Å²) in [5.41, 5.74) is 1.09. The van der Waals surface area contributed by atoms with Crippen LogP contribution in [0, 0.1) is 0 Å². The molecule has 1 N–H and O–H groups in total. The normalized spacial score (nSPS) is 21.2. The highest BCUT2D eigenvalue weighted by molar-refractivity contribution is 5.88. The Morgan fingerprint density at radius 3 is 2.80 bits per heavy atom. The number of ether oxygens (including phenoxy) is 1. The van der Waals surface area contributed by atoms with Gasteiger partial charge in [0.25, 0.3) is 0 Å². The van der Waals surface area contributed by atoms with E-state index in [1.54, 1.807) is 0 Å². The third kappa shape index (κ3) is 4.49.